The van der Waals surface area contributed by atoms with Crippen molar-refractivity contribution in [2.24, 2.45) is 0 Å². The van der Waals surface area contributed by atoms with Crippen LogP contribution in [0.3, 0.4) is 0 Å². The van der Waals surface area contributed by atoms with Gasteiger partial charge < -0.3 is 4.79 Å². The smallest absolute Gasteiger partial charge is 0.123 e. The van der Waals surface area contributed by atoms with Gasteiger partial charge in [0.05, 0.1) is 5.38 Å². The van der Waals surface area contributed by atoms with Gasteiger partial charge in [-0.1, -0.05) is 12.1 Å². The van der Waals surface area contributed by atoms with Crippen molar-refractivity contribution < 1.29 is 9.18 Å². The number of rotatable bonds is 4. The second-order valence-corrected chi connectivity index (χ2v) is 3.29. The molecule has 0 saturated carbocycles. The third-order valence-corrected chi connectivity index (χ3v) is 2.24. The number of halogens is 2. The molecule has 1 unspecified atom stereocenters. The van der Waals surface area contributed by atoms with E-state index in [1.807, 2.05) is 0 Å². The van der Waals surface area contributed by atoms with Gasteiger partial charge in [-0.2, -0.15) is 0 Å². The van der Waals surface area contributed by atoms with Gasteiger partial charge in [-0.15, -0.1) is 11.6 Å². The number of hydrogen-bond donors (Lipinski definition) is 0. The first-order valence-corrected chi connectivity index (χ1v) is 4.51. The molecule has 3 heteroatoms. The second kappa shape index (κ2) is 4.97. The summed E-state index contributed by atoms with van der Waals surface area (Å²) in [6.45, 7) is 0. The number of hydrogen-bond acceptors (Lipinski definition) is 1. The van der Waals surface area contributed by atoms with Crippen LogP contribution in [0.2, 0.25) is 0 Å². The minimum atomic E-state index is -0.275. The van der Waals surface area contributed by atoms with E-state index in [2.05, 4.69) is 0 Å². The Balaban J connectivity index is 2.60. The van der Waals surface area contributed by atoms with Crippen molar-refractivity contribution in [1.29, 1.82) is 0 Å². The quantitative estimate of drug-likeness (QED) is 0.539. The highest BCUT2D eigenvalue weighted by Gasteiger charge is 2.06. The number of carbonyl (C=O) groups excluding carboxylic acids is 1. The minimum absolute atomic E-state index is 0.203. The molecule has 1 aromatic carbocycles. The summed E-state index contributed by atoms with van der Waals surface area (Å²) in [4.78, 5) is 10.1. The molecule has 1 rings (SSSR count). The van der Waals surface area contributed by atoms with Gasteiger partial charge in [0.15, 0.2) is 0 Å². The van der Waals surface area contributed by atoms with Crippen LogP contribution in [0.15, 0.2) is 24.3 Å². The van der Waals surface area contributed by atoms with Gasteiger partial charge in [-0.05, 0) is 24.1 Å². The Hall–Kier alpha value is -0.890. The van der Waals surface area contributed by atoms with Gasteiger partial charge in [0, 0.05) is 6.42 Å². The minimum Gasteiger partial charge on any atom is -0.303 e. The molecule has 0 fully saturated rings. The molecule has 0 saturated heterocycles. The van der Waals surface area contributed by atoms with Crippen LogP contribution < -0.4 is 0 Å². The number of alkyl halides is 1. The molecule has 0 aliphatic rings. The van der Waals surface area contributed by atoms with Crippen LogP contribution in [0.1, 0.15) is 23.8 Å². The zero-order valence-electron chi connectivity index (χ0n) is 7.04. The van der Waals surface area contributed by atoms with Crippen LogP contribution in [0.4, 0.5) is 4.39 Å². The van der Waals surface area contributed by atoms with E-state index in [0.717, 1.165) is 11.8 Å². The molecule has 0 radical (unpaired) electrons. The van der Waals surface area contributed by atoms with Crippen LogP contribution in [0.25, 0.3) is 0 Å². The van der Waals surface area contributed by atoms with Gasteiger partial charge in [-0.25, -0.2) is 4.39 Å². The van der Waals surface area contributed by atoms with E-state index < -0.39 is 0 Å². The predicted octanol–water partition coefficient (Wildman–Crippen LogP) is 3.08. The highest BCUT2D eigenvalue weighted by atomic mass is 35.5. The Morgan fingerprint density at radius 3 is 2.54 bits per heavy atom. The maximum absolute atomic E-state index is 12.5. The summed E-state index contributed by atoms with van der Waals surface area (Å²) in [7, 11) is 0. The fraction of sp³-hybridized carbons (Fsp3) is 0.300. The van der Waals surface area contributed by atoms with Crippen LogP contribution in [0, 0.1) is 5.82 Å². The lowest BCUT2D eigenvalue weighted by molar-refractivity contribution is -0.107. The molecule has 1 aromatic rings. The molecule has 1 nitrogen and oxygen atoms in total. The molecule has 0 aliphatic carbocycles. The molecule has 0 aromatic heterocycles. The van der Waals surface area contributed by atoms with Crippen LogP contribution in [-0.4, -0.2) is 6.29 Å². The van der Waals surface area contributed by atoms with Gasteiger partial charge in [0.2, 0.25) is 0 Å². The summed E-state index contributed by atoms with van der Waals surface area (Å²) < 4.78 is 12.5. The van der Waals surface area contributed by atoms with Crippen molar-refractivity contribution in [2.75, 3.05) is 0 Å². The van der Waals surface area contributed by atoms with Gasteiger partial charge in [-0.3, -0.25) is 0 Å². The predicted molar refractivity (Wildman–Crippen MR) is 50.3 cm³/mol. The third-order valence-electron chi connectivity index (χ3n) is 1.77. The lowest BCUT2D eigenvalue weighted by atomic mass is 10.1. The third kappa shape index (κ3) is 3.15. The van der Waals surface area contributed by atoms with Crippen molar-refractivity contribution in [2.45, 2.75) is 18.2 Å². The SMILES string of the molecule is O=CCCC(Cl)c1ccc(F)cc1. The average Bonchev–Trinajstić information content (AvgIpc) is 2.15. The van der Waals surface area contributed by atoms with Crippen molar-refractivity contribution in [3.05, 3.63) is 35.6 Å². The molecule has 0 bridgehead atoms. The normalized spacial score (nSPS) is 12.5. The summed E-state index contributed by atoms with van der Waals surface area (Å²) >= 11 is 5.96. The molecule has 0 N–H and O–H groups in total. The maximum atomic E-state index is 12.5. The zero-order chi connectivity index (χ0) is 9.68. The van der Waals surface area contributed by atoms with Crippen molar-refractivity contribution in [3.8, 4) is 0 Å². The monoisotopic (exact) mass is 200 g/mol. The Morgan fingerprint density at radius 2 is 2.00 bits per heavy atom. The first-order valence-electron chi connectivity index (χ1n) is 4.07. The lowest BCUT2D eigenvalue weighted by Crippen LogP contribution is -1.91. The topological polar surface area (TPSA) is 17.1 Å². The van der Waals surface area contributed by atoms with Crippen molar-refractivity contribution in [3.63, 3.8) is 0 Å². The molecule has 1 atom stereocenters. The molecule has 0 amide bonds. The Morgan fingerprint density at radius 1 is 1.38 bits per heavy atom. The van der Waals surface area contributed by atoms with E-state index in [1.54, 1.807) is 12.1 Å². The van der Waals surface area contributed by atoms with Crippen molar-refractivity contribution >= 4 is 17.9 Å². The lowest BCUT2D eigenvalue weighted by Gasteiger charge is -2.06. The molecule has 0 spiro atoms. The molecule has 70 valence electrons. The standard InChI is InChI=1S/C10H10ClFO/c11-10(2-1-7-13)8-3-5-9(12)6-4-8/h3-7,10H,1-2H2. The molecule has 13 heavy (non-hydrogen) atoms. The van der Waals surface area contributed by atoms with Gasteiger partial charge >= 0.3 is 0 Å². The Kier molecular flexibility index (Phi) is 3.90. The van der Waals surface area contributed by atoms with Crippen LogP contribution in [-0.2, 0) is 4.79 Å². The zero-order valence-corrected chi connectivity index (χ0v) is 7.80. The van der Waals surface area contributed by atoms with E-state index in [4.69, 9.17) is 11.6 Å². The second-order valence-electron chi connectivity index (χ2n) is 2.76. The van der Waals surface area contributed by atoms with Crippen LogP contribution >= 0.6 is 11.6 Å². The molecular weight excluding hydrogens is 191 g/mol. The van der Waals surface area contributed by atoms with Crippen LogP contribution in [0.5, 0.6) is 0 Å². The van der Waals surface area contributed by atoms with Gasteiger partial charge in [0.1, 0.15) is 12.1 Å². The average molecular weight is 201 g/mol. The number of aldehydes is 1. The van der Waals surface area contributed by atoms with E-state index in [9.17, 15) is 9.18 Å². The number of benzene rings is 1. The fourth-order valence-electron chi connectivity index (χ4n) is 1.05. The molecule has 0 aliphatic heterocycles. The summed E-state index contributed by atoms with van der Waals surface area (Å²) in [5.41, 5.74) is 0.852. The maximum Gasteiger partial charge on any atom is 0.123 e. The highest BCUT2D eigenvalue weighted by Crippen LogP contribution is 2.24. The molecular formula is C10H10ClFO. The van der Waals surface area contributed by atoms with Crippen molar-refractivity contribution in [1.82, 2.24) is 0 Å². The summed E-state index contributed by atoms with van der Waals surface area (Å²) in [5.74, 6) is -0.275. The van der Waals surface area contributed by atoms with E-state index in [0.29, 0.717) is 12.8 Å². The largest absolute Gasteiger partial charge is 0.303 e. The first kappa shape index (κ1) is 10.2. The summed E-state index contributed by atoms with van der Waals surface area (Å²) in [6, 6.07) is 6.01. The van der Waals surface area contributed by atoms with E-state index in [1.165, 1.54) is 12.1 Å². The fourth-order valence-corrected chi connectivity index (χ4v) is 1.32. The van der Waals surface area contributed by atoms with Gasteiger partial charge in [0.25, 0.3) is 0 Å². The summed E-state index contributed by atoms with van der Waals surface area (Å²) in [6.07, 6.45) is 1.86. The highest BCUT2D eigenvalue weighted by molar-refractivity contribution is 6.20. The number of carbonyl (C=O) groups is 1. The van der Waals surface area contributed by atoms with E-state index >= 15 is 0 Å². The first-order chi connectivity index (χ1) is 6.24. The summed E-state index contributed by atoms with van der Waals surface area (Å²) in [5, 5.41) is -0.203. The molecule has 0 heterocycles. The Bertz CT molecular complexity index is 271. The Labute approximate surface area is 81.5 Å². The van der Waals surface area contributed by atoms with E-state index in [-0.39, 0.29) is 11.2 Å².